The Kier molecular flexibility index (Phi) is 6.26. The van der Waals surface area contributed by atoms with E-state index in [-0.39, 0.29) is 23.7 Å². The van der Waals surface area contributed by atoms with Gasteiger partial charge in [-0.2, -0.15) is 0 Å². The fourth-order valence-corrected chi connectivity index (χ4v) is 3.32. The van der Waals surface area contributed by atoms with Crippen molar-refractivity contribution in [1.82, 2.24) is 4.98 Å². The lowest BCUT2D eigenvalue weighted by Crippen LogP contribution is -2.10. The fourth-order valence-electron chi connectivity index (χ4n) is 2.04. The van der Waals surface area contributed by atoms with Crippen molar-refractivity contribution in [3.8, 4) is 0 Å². The number of hydrogen-bond acceptors (Lipinski definition) is 5. The van der Waals surface area contributed by atoms with Gasteiger partial charge in [0.05, 0.1) is 17.3 Å². The molecule has 0 fully saturated rings. The van der Waals surface area contributed by atoms with Gasteiger partial charge in [-0.1, -0.05) is 24.3 Å². The number of benzene rings is 1. The first-order valence-corrected chi connectivity index (χ1v) is 9.17. The highest BCUT2D eigenvalue weighted by Crippen LogP contribution is 2.15. The van der Waals surface area contributed by atoms with Crippen LogP contribution in [0.5, 0.6) is 0 Å². The van der Waals surface area contributed by atoms with Crippen LogP contribution in [-0.4, -0.2) is 31.7 Å². The van der Waals surface area contributed by atoms with Crippen molar-refractivity contribution in [1.29, 1.82) is 0 Å². The molecule has 24 heavy (non-hydrogen) atoms. The zero-order chi connectivity index (χ0) is 17.4. The monoisotopic (exact) mass is 345 g/mol. The number of carbonyl (C=O) groups is 1. The first-order valence-electron chi connectivity index (χ1n) is 7.52. The Morgan fingerprint density at radius 2 is 1.62 bits per heavy atom. The highest BCUT2D eigenvalue weighted by molar-refractivity contribution is 7.91. The van der Waals surface area contributed by atoms with Gasteiger partial charge in [-0.15, -0.1) is 0 Å². The summed E-state index contributed by atoms with van der Waals surface area (Å²) in [5.41, 5.74) is 1.93. The summed E-state index contributed by atoms with van der Waals surface area (Å²) in [7, 11) is -3.37. The van der Waals surface area contributed by atoms with Crippen molar-refractivity contribution in [3.05, 3.63) is 59.9 Å². The summed E-state index contributed by atoms with van der Waals surface area (Å²) in [6.07, 6.45) is 7.55. The molecule has 1 heterocycles. The van der Waals surface area contributed by atoms with Crippen LogP contribution in [0.4, 0.5) is 0 Å². The lowest BCUT2D eigenvalue weighted by Gasteiger charge is -2.05. The Labute approximate surface area is 141 Å². The number of aromatic nitrogens is 1. The Hall–Kier alpha value is -2.47. The van der Waals surface area contributed by atoms with Crippen LogP contribution in [0.1, 0.15) is 24.5 Å². The number of hydrogen-bond donors (Lipinski definition) is 0. The Morgan fingerprint density at radius 1 is 1.04 bits per heavy atom. The minimum absolute atomic E-state index is 0.0491. The van der Waals surface area contributed by atoms with Crippen molar-refractivity contribution in [2.24, 2.45) is 0 Å². The molecule has 0 saturated heterocycles. The van der Waals surface area contributed by atoms with Gasteiger partial charge >= 0.3 is 5.97 Å². The number of nitrogens with zero attached hydrogens (tertiary/aromatic N) is 1. The molecule has 0 saturated carbocycles. The smallest absolute Gasteiger partial charge is 0.302 e. The molecule has 0 aliphatic carbocycles. The summed E-state index contributed by atoms with van der Waals surface area (Å²) in [5.74, 6) is -0.454. The average molecular weight is 345 g/mol. The molecule has 0 radical (unpaired) electrons. The van der Waals surface area contributed by atoms with Crippen LogP contribution < -0.4 is 0 Å². The number of pyridine rings is 1. The van der Waals surface area contributed by atoms with Gasteiger partial charge in [0, 0.05) is 19.3 Å². The molecule has 1 aromatic carbocycles. The highest BCUT2D eigenvalue weighted by atomic mass is 32.2. The molecule has 126 valence electrons. The topological polar surface area (TPSA) is 73.3 Å². The molecule has 0 unspecified atom stereocenters. The van der Waals surface area contributed by atoms with Crippen molar-refractivity contribution >= 4 is 28.0 Å². The third-order valence-corrected chi connectivity index (χ3v) is 5.09. The van der Waals surface area contributed by atoms with Crippen molar-refractivity contribution < 1.29 is 17.9 Å². The van der Waals surface area contributed by atoms with E-state index in [1.165, 1.54) is 6.92 Å². The second-order valence-corrected chi connectivity index (χ2v) is 7.30. The summed E-state index contributed by atoms with van der Waals surface area (Å²) < 4.78 is 29.2. The molecule has 0 bridgehead atoms. The third-order valence-electron chi connectivity index (χ3n) is 3.28. The lowest BCUT2D eigenvalue weighted by atomic mass is 10.1. The molecular weight excluding hydrogens is 326 g/mol. The van der Waals surface area contributed by atoms with E-state index in [0.29, 0.717) is 0 Å². The average Bonchev–Trinajstić information content (AvgIpc) is 2.58. The number of carbonyl (C=O) groups excluding carboxylic acids is 1. The summed E-state index contributed by atoms with van der Waals surface area (Å²) >= 11 is 0. The van der Waals surface area contributed by atoms with E-state index in [4.69, 9.17) is 4.74 Å². The van der Waals surface area contributed by atoms with Crippen LogP contribution in [0.25, 0.3) is 12.2 Å². The van der Waals surface area contributed by atoms with Gasteiger partial charge < -0.3 is 4.74 Å². The van der Waals surface area contributed by atoms with Crippen LogP contribution >= 0.6 is 0 Å². The summed E-state index contributed by atoms with van der Waals surface area (Å²) in [5, 5.41) is 0. The van der Waals surface area contributed by atoms with E-state index in [1.54, 1.807) is 36.7 Å². The summed E-state index contributed by atoms with van der Waals surface area (Å²) in [6, 6.07) is 10.5. The Bertz CT molecular complexity index is 797. The minimum atomic E-state index is -3.37. The number of rotatable bonds is 7. The molecule has 2 rings (SSSR count). The van der Waals surface area contributed by atoms with Gasteiger partial charge in [-0.25, -0.2) is 8.42 Å². The Balaban J connectivity index is 1.97. The predicted octanol–water partition coefficient (Wildman–Crippen LogP) is 2.98. The first kappa shape index (κ1) is 17.9. The van der Waals surface area contributed by atoms with E-state index >= 15 is 0 Å². The van der Waals surface area contributed by atoms with Crippen LogP contribution in [0, 0.1) is 0 Å². The van der Waals surface area contributed by atoms with Gasteiger partial charge in [-0.05, 0) is 41.8 Å². The molecule has 0 N–H and O–H groups in total. The number of ether oxygens (including phenoxy) is 1. The zero-order valence-corrected chi connectivity index (χ0v) is 14.2. The second-order valence-electron chi connectivity index (χ2n) is 5.20. The molecule has 0 spiro atoms. The van der Waals surface area contributed by atoms with Gasteiger partial charge in [0.2, 0.25) is 0 Å². The van der Waals surface area contributed by atoms with Crippen molar-refractivity contribution in [2.75, 3.05) is 12.4 Å². The molecule has 2 aromatic rings. The molecule has 0 amide bonds. The molecule has 0 aliphatic rings. The Morgan fingerprint density at radius 3 is 2.21 bits per heavy atom. The number of sulfone groups is 1. The molecule has 5 nitrogen and oxygen atoms in total. The minimum Gasteiger partial charge on any atom is -0.466 e. The van der Waals surface area contributed by atoms with E-state index in [9.17, 15) is 13.2 Å². The van der Waals surface area contributed by atoms with Crippen molar-refractivity contribution in [3.63, 3.8) is 0 Å². The van der Waals surface area contributed by atoms with Crippen LogP contribution in [0.15, 0.2) is 53.7 Å². The molecule has 0 atom stereocenters. The molecule has 1 aromatic heterocycles. The van der Waals surface area contributed by atoms with Gasteiger partial charge in [0.25, 0.3) is 0 Å². The van der Waals surface area contributed by atoms with Crippen molar-refractivity contribution in [2.45, 2.75) is 18.2 Å². The maximum absolute atomic E-state index is 12.2. The predicted molar refractivity (Wildman–Crippen MR) is 92.9 cm³/mol. The normalized spacial score (nSPS) is 11.5. The third kappa shape index (κ3) is 5.62. The highest BCUT2D eigenvalue weighted by Gasteiger charge is 2.13. The van der Waals surface area contributed by atoms with Gasteiger partial charge in [0.15, 0.2) is 9.84 Å². The van der Waals surface area contributed by atoms with Gasteiger partial charge in [0.1, 0.15) is 0 Å². The van der Waals surface area contributed by atoms with E-state index in [0.717, 1.165) is 11.1 Å². The van der Waals surface area contributed by atoms with Crippen LogP contribution in [0.2, 0.25) is 0 Å². The number of esters is 1. The van der Waals surface area contributed by atoms with Crippen LogP contribution in [0.3, 0.4) is 0 Å². The zero-order valence-electron chi connectivity index (χ0n) is 13.4. The molecule has 0 aliphatic heterocycles. The van der Waals surface area contributed by atoms with E-state index < -0.39 is 15.8 Å². The second kappa shape index (κ2) is 8.40. The molecule has 6 heteroatoms. The van der Waals surface area contributed by atoms with E-state index in [1.807, 2.05) is 24.3 Å². The first-order chi connectivity index (χ1) is 11.5. The largest absolute Gasteiger partial charge is 0.466 e. The summed E-state index contributed by atoms with van der Waals surface area (Å²) in [6.45, 7) is 1.41. The SMILES string of the molecule is CC(=O)OCCCS(=O)(=O)c1ccc(C=Cc2ccncc2)cc1. The van der Waals surface area contributed by atoms with Gasteiger partial charge in [-0.3, -0.25) is 9.78 Å². The summed E-state index contributed by atoms with van der Waals surface area (Å²) in [4.78, 5) is 14.9. The molecular formula is C18H19NO4S. The maximum atomic E-state index is 12.2. The quantitative estimate of drug-likeness (QED) is 0.570. The standard InChI is InChI=1S/C18H19NO4S/c1-15(20)23-13-2-14-24(21,22)18-7-5-16(6-8-18)3-4-17-9-11-19-12-10-17/h3-12H,2,13-14H2,1H3. The van der Waals surface area contributed by atoms with E-state index in [2.05, 4.69) is 4.98 Å². The fraction of sp³-hybridized carbons (Fsp3) is 0.222. The van der Waals surface area contributed by atoms with Crippen LogP contribution in [-0.2, 0) is 19.4 Å². The lowest BCUT2D eigenvalue weighted by molar-refractivity contribution is -0.140. The maximum Gasteiger partial charge on any atom is 0.302 e.